The highest BCUT2D eigenvalue weighted by Gasteiger charge is 2.27. The fraction of sp³-hybridized carbons (Fsp3) is 0.393. The maximum atomic E-state index is 13.1. The van der Waals surface area contributed by atoms with Gasteiger partial charge in [0.1, 0.15) is 5.82 Å². The average molecular weight is 485 g/mol. The molecule has 1 aliphatic heterocycles. The van der Waals surface area contributed by atoms with Crippen LogP contribution in [0.3, 0.4) is 0 Å². The number of rotatable bonds is 4. The van der Waals surface area contributed by atoms with Crippen LogP contribution in [0.5, 0.6) is 0 Å². The number of amides is 1. The van der Waals surface area contributed by atoms with E-state index in [1.165, 1.54) is 11.1 Å². The van der Waals surface area contributed by atoms with E-state index in [1.54, 1.807) is 4.68 Å². The summed E-state index contributed by atoms with van der Waals surface area (Å²) in [5.41, 5.74) is 4.69. The summed E-state index contributed by atoms with van der Waals surface area (Å²) in [4.78, 5) is 35.4. The van der Waals surface area contributed by atoms with Crippen LogP contribution in [0.15, 0.2) is 53.3 Å². The SMILES string of the molecule is Cc1ccc(Cn2nnc3c(=O)[nH]c(C4CCN(C(=O)c5ccc(C(C)(C)C)cc5)CC4)nc32)cc1. The third-order valence-electron chi connectivity index (χ3n) is 7.01. The van der Waals surface area contributed by atoms with Crippen molar-refractivity contribution in [3.05, 3.63) is 87.0 Å². The molecule has 0 spiro atoms. The smallest absolute Gasteiger partial charge is 0.281 e. The lowest BCUT2D eigenvalue weighted by atomic mass is 9.86. The van der Waals surface area contributed by atoms with Crippen molar-refractivity contribution >= 4 is 17.1 Å². The lowest BCUT2D eigenvalue weighted by Crippen LogP contribution is -2.38. The quantitative estimate of drug-likeness (QED) is 0.469. The van der Waals surface area contributed by atoms with Crippen LogP contribution < -0.4 is 5.56 Å². The molecular formula is C28H32N6O2. The minimum Gasteiger partial charge on any atom is -0.339 e. The second kappa shape index (κ2) is 9.33. The Balaban J connectivity index is 1.30. The number of aromatic amines is 1. The number of piperidine rings is 1. The van der Waals surface area contributed by atoms with Crippen molar-refractivity contribution < 1.29 is 4.79 Å². The van der Waals surface area contributed by atoms with Crippen LogP contribution in [-0.4, -0.2) is 48.9 Å². The molecule has 1 saturated heterocycles. The molecule has 1 amide bonds. The zero-order valence-corrected chi connectivity index (χ0v) is 21.3. The Bertz CT molecular complexity index is 1440. The molecule has 2 aromatic heterocycles. The van der Waals surface area contributed by atoms with Gasteiger partial charge in [-0.3, -0.25) is 9.59 Å². The van der Waals surface area contributed by atoms with Gasteiger partial charge in [-0.1, -0.05) is 67.9 Å². The Labute approximate surface area is 210 Å². The van der Waals surface area contributed by atoms with Gasteiger partial charge in [0.2, 0.25) is 0 Å². The van der Waals surface area contributed by atoms with Crippen LogP contribution >= 0.6 is 0 Å². The maximum Gasteiger partial charge on any atom is 0.281 e. The zero-order valence-electron chi connectivity index (χ0n) is 21.3. The van der Waals surface area contributed by atoms with Gasteiger partial charge < -0.3 is 9.88 Å². The highest BCUT2D eigenvalue weighted by atomic mass is 16.2. The average Bonchev–Trinajstić information content (AvgIpc) is 3.28. The number of hydrogen-bond donors (Lipinski definition) is 1. The molecule has 5 rings (SSSR count). The van der Waals surface area contributed by atoms with E-state index in [4.69, 9.17) is 4.98 Å². The van der Waals surface area contributed by atoms with Gasteiger partial charge in [-0.25, -0.2) is 9.67 Å². The van der Waals surface area contributed by atoms with Gasteiger partial charge >= 0.3 is 0 Å². The van der Waals surface area contributed by atoms with E-state index >= 15 is 0 Å². The number of likely N-dealkylation sites (tertiary alicyclic amines) is 1. The predicted octanol–water partition coefficient (Wildman–Crippen LogP) is 4.19. The number of aromatic nitrogens is 5. The fourth-order valence-electron chi connectivity index (χ4n) is 4.70. The Morgan fingerprint density at radius 2 is 1.69 bits per heavy atom. The van der Waals surface area contributed by atoms with Crippen molar-refractivity contribution in [3.8, 4) is 0 Å². The molecule has 1 aliphatic rings. The van der Waals surface area contributed by atoms with Gasteiger partial charge in [0, 0.05) is 24.6 Å². The van der Waals surface area contributed by atoms with E-state index < -0.39 is 0 Å². The molecule has 0 atom stereocenters. The van der Waals surface area contributed by atoms with E-state index in [9.17, 15) is 9.59 Å². The summed E-state index contributed by atoms with van der Waals surface area (Å²) in [5, 5.41) is 8.24. The second-order valence-electron chi connectivity index (χ2n) is 10.7. The normalized spacial score (nSPS) is 14.9. The minimum atomic E-state index is -0.275. The van der Waals surface area contributed by atoms with Crippen LogP contribution in [0.4, 0.5) is 0 Å². The third kappa shape index (κ3) is 4.80. The molecule has 186 valence electrons. The number of H-pyrrole nitrogens is 1. The van der Waals surface area contributed by atoms with E-state index in [1.807, 2.05) is 60.4 Å². The largest absolute Gasteiger partial charge is 0.339 e. The Morgan fingerprint density at radius 1 is 1.03 bits per heavy atom. The van der Waals surface area contributed by atoms with Gasteiger partial charge in [0.15, 0.2) is 11.2 Å². The monoisotopic (exact) mass is 484 g/mol. The summed E-state index contributed by atoms with van der Waals surface area (Å²) in [5.74, 6) is 0.755. The molecule has 0 unspecified atom stereocenters. The molecule has 1 fully saturated rings. The number of aryl methyl sites for hydroxylation is 1. The molecular weight excluding hydrogens is 452 g/mol. The molecule has 8 heteroatoms. The third-order valence-corrected chi connectivity index (χ3v) is 7.01. The number of carbonyl (C=O) groups excluding carboxylic acids is 1. The molecule has 1 N–H and O–H groups in total. The van der Waals surface area contributed by atoms with Crippen molar-refractivity contribution in [3.63, 3.8) is 0 Å². The molecule has 0 aliphatic carbocycles. The lowest BCUT2D eigenvalue weighted by molar-refractivity contribution is 0.0711. The summed E-state index contributed by atoms with van der Waals surface area (Å²) in [6, 6.07) is 16.1. The maximum absolute atomic E-state index is 13.1. The van der Waals surface area contributed by atoms with Crippen LogP contribution in [0, 0.1) is 6.92 Å². The van der Waals surface area contributed by atoms with Crippen LogP contribution in [0.25, 0.3) is 11.2 Å². The molecule has 36 heavy (non-hydrogen) atoms. The van der Waals surface area contributed by atoms with E-state index in [0.717, 1.165) is 18.4 Å². The standard InChI is InChI=1S/C28H32N6O2/c1-18-5-7-19(8-6-18)17-34-25-23(31-32-34)26(35)30-24(29-25)20-13-15-33(16-14-20)27(36)21-9-11-22(12-10-21)28(2,3)4/h5-12,20H,13-17H2,1-4H3,(H,29,30,35). The molecule has 3 heterocycles. The summed E-state index contributed by atoms with van der Waals surface area (Å²) < 4.78 is 1.68. The number of benzene rings is 2. The first-order valence-electron chi connectivity index (χ1n) is 12.5. The summed E-state index contributed by atoms with van der Waals surface area (Å²) in [7, 11) is 0. The van der Waals surface area contributed by atoms with Gasteiger partial charge in [-0.05, 0) is 48.4 Å². The Kier molecular flexibility index (Phi) is 6.20. The first kappa shape index (κ1) is 23.9. The van der Waals surface area contributed by atoms with Crippen LogP contribution in [0.1, 0.15) is 72.4 Å². The second-order valence-corrected chi connectivity index (χ2v) is 10.7. The van der Waals surface area contributed by atoms with Gasteiger partial charge in [-0.2, -0.15) is 0 Å². The number of carbonyl (C=O) groups is 1. The van der Waals surface area contributed by atoms with Crippen LogP contribution in [-0.2, 0) is 12.0 Å². The summed E-state index contributed by atoms with van der Waals surface area (Å²) >= 11 is 0. The number of fused-ring (bicyclic) bond motifs is 1. The van der Waals surface area contributed by atoms with E-state index in [2.05, 4.69) is 36.1 Å². The highest BCUT2D eigenvalue weighted by molar-refractivity contribution is 5.94. The molecule has 0 radical (unpaired) electrons. The lowest BCUT2D eigenvalue weighted by Gasteiger charge is -2.31. The topological polar surface area (TPSA) is 96.8 Å². The highest BCUT2D eigenvalue weighted by Crippen LogP contribution is 2.27. The summed E-state index contributed by atoms with van der Waals surface area (Å²) in [6.07, 6.45) is 1.47. The molecule has 8 nitrogen and oxygen atoms in total. The van der Waals surface area contributed by atoms with Gasteiger partial charge in [0.25, 0.3) is 11.5 Å². The van der Waals surface area contributed by atoms with Gasteiger partial charge in [-0.15, -0.1) is 5.10 Å². The van der Waals surface area contributed by atoms with E-state index in [-0.39, 0.29) is 28.3 Å². The van der Waals surface area contributed by atoms with Gasteiger partial charge in [0.05, 0.1) is 6.54 Å². The Hall–Kier alpha value is -3.81. The first-order chi connectivity index (χ1) is 17.2. The van der Waals surface area contributed by atoms with Crippen molar-refractivity contribution in [1.82, 2.24) is 29.9 Å². The zero-order chi connectivity index (χ0) is 25.4. The van der Waals surface area contributed by atoms with E-state index in [0.29, 0.717) is 36.7 Å². The molecule has 0 saturated carbocycles. The fourth-order valence-corrected chi connectivity index (χ4v) is 4.70. The minimum absolute atomic E-state index is 0.0474. The van der Waals surface area contributed by atoms with Crippen molar-refractivity contribution in [2.24, 2.45) is 0 Å². The van der Waals surface area contributed by atoms with Crippen LogP contribution in [0.2, 0.25) is 0 Å². The first-order valence-corrected chi connectivity index (χ1v) is 12.5. The molecule has 4 aromatic rings. The molecule has 0 bridgehead atoms. The number of nitrogens with one attached hydrogen (secondary N) is 1. The van der Waals surface area contributed by atoms with Crippen molar-refractivity contribution in [2.45, 2.75) is 58.4 Å². The van der Waals surface area contributed by atoms with Crippen molar-refractivity contribution in [2.75, 3.05) is 13.1 Å². The number of hydrogen-bond acceptors (Lipinski definition) is 5. The summed E-state index contributed by atoms with van der Waals surface area (Å²) in [6.45, 7) is 10.3. The Morgan fingerprint density at radius 3 is 2.33 bits per heavy atom. The van der Waals surface area contributed by atoms with Crippen molar-refractivity contribution in [1.29, 1.82) is 0 Å². The predicted molar refractivity (Wildman–Crippen MR) is 139 cm³/mol. The number of nitrogens with zero attached hydrogens (tertiary/aromatic N) is 5. The molecule has 2 aromatic carbocycles.